The van der Waals surface area contributed by atoms with E-state index in [2.05, 4.69) is 10.1 Å². The SMILES string of the molecule is NCCNCc1cccc(OCC(F)(F)F)c1. The Kier molecular flexibility index (Phi) is 5.24. The van der Waals surface area contributed by atoms with Crippen molar-refractivity contribution in [2.75, 3.05) is 19.7 Å². The van der Waals surface area contributed by atoms with Crippen LogP contribution in [0.25, 0.3) is 0 Å². The minimum atomic E-state index is -4.31. The van der Waals surface area contributed by atoms with E-state index in [0.29, 0.717) is 19.6 Å². The Morgan fingerprint density at radius 2 is 2.06 bits per heavy atom. The van der Waals surface area contributed by atoms with Gasteiger partial charge in [-0.3, -0.25) is 0 Å². The van der Waals surface area contributed by atoms with Gasteiger partial charge in [0, 0.05) is 19.6 Å². The largest absolute Gasteiger partial charge is 0.484 e. The van der Waals surface area contributed by atoms with Crippen LogP contribution in [0.1, 0.15) is 5.56 Å². The van der Waals surface area contributed by atoms with E-state index in [9.17, 15) is 13.2 Å². The summed E-state index contributed by atoms with van der Waals surface area (Å²) in [5.41, 5.74) is 6.17. The van der Waals surface area contributed by atoms with Crippen LogP contribution >= 0.6 is 0 Å². The summed E-state index contributed by atoms with van der Waals surface area (Å²) in [6.07, 6.45) is -4.31. The molecule has 0 atom stereocenters. The topological polar surface area (TPSA) is 47.3 Å². The van der Waals surface area contributed by atoms with Gasteiger partial charge in [0.05, 0.1) is 0 Å². The zero-order valence-electron chi connectivity index (χ0n) is 9.26. The van der Waals surface area contributed by atoms with Crippen molar-refractivity contribution in [1.29, 1.82) is 0 Å². The van der Waals surface area contributed by atoms with Crippen molar-refractivity contribution in [2.45, 2.75) is 12.7 Å². The average molecular weight is 248 g/mol. The van der Waals surface area contributed by atoms with Crippen LogP contribution in [-0.2, 0) is 6.54 Å². The van der Waals surface area contributed by atoms with E-state index in [-0.39, 0.29) is 5.75 Å². The quantitative estimate of drug-likeness (QED) is 0.753. The number of alkyl halides is 3. The normalized spacial score (nSPS) is 11.5. The van der Waals surface area contributed by atoms with Crippen LogP contribution in [0.4, 0.5) is 13.2 Å². The van der Waals surface area contributed by atoms with Gasteiger partial charge in [0.1, 0.15) is 5.75 Å². The molecular weight excluding hydrogens is 233 g/mol. The van der Waals surface area contributed by atoms with E-state index in [1.807, 2.05) is 6.07 Å². The lowest BCUT2D eigenvalue weighted by molar-refractivity contribution is -0.153. The summed E-state index contributed by atoms with van der Waals surface area (Å²) < 4.78 is 40.5. The van der Waals surface area contributed by atoms with Crippen molar-refractivity contribution in [1.82, 2.24) is 5.32 Å². The molecule has 0 saturated carbocycles. The predicted molar refractivity (Wildman–Crippen MR) is 58.8 cm³/mol. The van der Waals surface area contributed by atoms with Crippen LogP contribution in [0.3, 0.4) is 0 Å². The Bertz CT molecular complexity index is 342. The Labute approximate surface area is 97.8 Å². The second-order valence-corrected chi connectivity index (χ2v) is 3.52. The maximum atomic E-state index is 11.9. The first kappa shape index (κ1) is 13.8. The molecule has 0 bridgehead atoms. The second kappa shape index (κ2) is 6.46. The monoisotopic (exact) mass is 248 g/mol. The van der Waals surface area contributed by atoms with Crippen molar-refractivity contribution in [3.05, 3.63) is 29.8 Å². The third kappa shape index (κ3) is 6.13. The summed E-state index contributed by atoms with van der Waals surface area (Å²) in [4.78, 5) is 0. The van der Waals surface area contributed by atoms with Crippen molar-refractivity contribution in [3.63, 3.8) is 0 Å². The standard InChI is InChI=1S/C11H15F3N2O/c12-11(13,14)8-17-10-3-1-2-9(6-10)7-16-5-4-15/h1-3,6,16H,4-5,7-8,15H2. The number of halogens is 3. The molecule has 0 saturated heterocycles. The average Bonchev–Trinajstić information content (AvgIpc) is 2.27. The van der Waals surface area contributed by atoms with Crippen LogP contribution in [0.2, 0.25) is 0 Å². The molecule has 3 N–H and O–H groups in total. The molecule has 1 aromatic rings. The Balaban J connectivity index is 2.48. The fourth-order valence-corrected chi connectivity index (χ4v) is 1.25. The van der Waals surface area contributed by atoms with Crippen molar-refractivity contribution in [2.24, 2.45) is 5.73 Å². The van der Waals surface area contributed by atoms with Crippen molar-refractivity contribution < 1.29 is 17.9 Å². The molecule has 1 rings (SSSR count). The van der Waals surface area contributed by atoms with E-state index >= 15 is 0 Å². The molecule has 0 aliphatic rings. The smallest absolute Gasteiger partial charge is 0.422 e. The van der Waals surface area contributed by atoms with E-state index in [1.165, 1.54) is 6.07 Å². The highest BCUT2D eigenvalue weighted by molar-refractivity contribution is 5.28. The summed E-state index contributed by atoms with van der Waals surface area (Å²) in [5.74, 6) is 0.217. The van der Waals surface area contributed by atoms with Gasteiger partial charge >= 0.3 is 6.18 Å². The molecule has 6 heteroatoms. The fraction of sp³-hybridized carbons (Fsp3) is 0.455. The van der Waals surface area contributed by atoms with Crippen molar-refractivity contribution >= 4 is 0 Å². The Morgan fingerprint density at radius 3 is 2.71 bits per heavy atom. The molecule has 0 fully saturated rings. The lowest BCUT2D eigenvalue weighted by Crippen LogP contribution is -2.22. The molecule has 0 spiro atoms. The molecule has 96 valence electrons. The lowest BCUT2D eigenvalue weighted by Gasteiger charge is -2.10. The molecule has 0 heterocycles. The van der Waals surface area contributed by atoms with Gasteiger partial charge in [-0.05, 0) is 17.7 Å². The molecule has 0 aromatic heterocycles. The first-order valence-electron chi connectivity index (χ1n) is 5.20. The summed E-state index contributed by atoms with van der Waals surface area (Å²) in [7, 11) is 0. The van der Waals surface area contributed by atoms with Gasteiger partial charge in [-0.2, -0.15) is 13.2 Å². The fourth-order valence-electron chi connectivity index (χ4n) is 1.25. The van der Waals surface area contributed by atoms with Crippen molar-refractivity contribution in [3.8, 4) is 5.75 Å². The van der Waals surface area contributed by atoms with Gasteiger partial charge in [-0.25, -0.2) is 0 Å². The van der Waals surface area contributed by atoms with Gasteiger partial charge in [0.15, 0.2) is 6.61 Å². The Hall–Kier alpha value is -1.27. The maximum Gasteiger partial charge on any atom is 0.422 e. The number of rotatable bonds is 6. The predicted octanol–water partition coefficient (Wildman–Crippen LogP) is 1.68. The molecule has 0 radical (unpaired) electrons. The molecule has 0 aliphatic carbocycles. The molecular formula is C11H15F3N2O. The number of nitrogens with one attached hydrogen (secondary N) is 1. The molecule has 1 aromatic carbocycles. The number of ether oxygens (including phenoxy) is 1. The molecule has 0 unspecified atom stereocenters. The van der Waals surface area contributed by atoms with Gasteiger partial charge in [-0.1, -0.05) is 12.1 Å². The van der Waals surface area contributed by atoms with Crippen LogP contribution < -0.4 is 15.8 Å². The van der Waals surface area contributed by atoms with E-state index in [0.717, 1.165) is 5.56 Å². The minimum Gasteiger partial charge on any atom is -0.484 e. The molecule has 0 amide bonds. The zero-order valence-corrected chi connectivity index (χ0v) is 9.26. The zero-order chi connectivity index (χ0) is 12.7. The third-order valence-corrected chi connectivity index (χ3v) is 1.95. The number of hydrogen-bond acceptors (Lipinski definition) is 3. The lowest BCUT2D eigenvalue weighted by atomic mass is 10.2. The maximum absolute atomic E-state index is 11.9. The van der Waals surface area contributed by atoms with Crippen LogP contribution in [0.15, 0.2) is 24.3 Å². The Morgan fingerprint density at radius 1 is 1.29 bits per heavy atom. The third-order valence-electron chi connectivity index (χ3n) is 1.95. The van der Waals surface area contributed by atoms with Crippen LogP contribution in [-0.4, -0.2) is 25.9 Å². The summed E-state index contributed by atoms with van der Waals surface area (Å²) in [6.45, 7) is 0.463. The highest BCUT2D eigenvalue weighted by atomic mass is 19.4. The first-order valence-corrected chi connectivity index (χ1v) is 5.20. The van der Waals surface area contributed by atoms with Crippen LogP contribution in [0.5, 0.6) is 5.75 Å². The highest BCUT2D eigenvalue weighted by Crippen LogP contribution is 2.19. The summed E-state index contributed by atoms with van der Waals surface area (Å²) in [6, 6.07) is 6.54. The summed E-state index contributed by atoms with van der Waals surface area (Å²) >= 11 is 0. The van der Waals surface area contributed by atoms with E-state index in [4.69, 9.17) is 5.73 Å². The van der Waals surface area contributed by atoms with Gasteiger partial charge in [0.25, 0.3) is 0 Å². The summed E-state index contributed by atoms with van der Waals surface area (Å²) in [5, 5.41) is 3.05. The van der Waals surface area contributed by atoms with Gasteiger partial charge in [0.2, 0.25) is 0 Å². The van der Waals surface area contributed by atoms with Gasteiger partial charge in [-0.15, -0.1) is 0 Å². The van der Waals surface area contributed by atoms with E-state index in [1.54, 1.807) is 12.1 Å². The van der Waals surface area contributed by atoms with E-state index < -0.39 is 12.8 Å². The van der Waals surface area contributed by atoms with Gasteiger partial charge < -0.3 is 15.8 Å². The number of benzene rings is 1. The number of nitrogens with two attached hydrogens (primary N) is 1. The number of hydrogen-bond donors (Lipinski definition) is 2. The molecule has 3 nitrogen and oxygen atoms in total. The molecule has 0 aliphatic heterocycles. The van der Waals surface area contributed by atoms with Crippen LogP contribution in [0, 0.1) is 0 Å². The minimum absolute atomic E-state index is 0.217. The molecule has 17 heavy (non-hydrogen) atoms. The first-order chi connectivity index (χ1) is 8.01. The highest BCUT2D eigenvalue weighted by Gasteiger charge is 2.28. The second-order valence-electron chi connectivity index (χ2n) is 3.52.